The zero-order valence-corrected chi connectivity index (χ0v) is 18.4. The van der Waals surface area contributed by atoms with E-state index in [1.807, 2.05) is 31.9 Å². The molecule has 0 radical (unpaired) electrons. The van der Waals surface area contributed by atoms with Gasteiger partial charge in [-0.2, -0.15) is 0 Å². The average Bonchev–Trinajstić information content (AvgIpc) is 3.33. The SMILES string of the molecule is CC(C)Oc1nccc2c1C(=O)O[C@]21CC[C@H](C(=O)N(C)CCN2CCCC2)CC1. The number of pyridine rings is 1. The van der Waals surface area contributed by atoms with Gasteiger partial charge in [-0.05, 0) is 71.5 Å². The first-order valence-electron chi connectivity index (χ1n) is 11.3. The molecule has 1 spiro atoms. The quantitative estimate of drug-likeness (QED) is 0.665. The lowest BCUT2D eigenvalue weighted by atomic mass is 9.75. The highest BCUT2D eigenvalue weighted by atomic mass is 16.6. The topological polar surface area (TPSA) is 72.0 Å². The molecule has 1 aromatic heterocycles. The molecule has 1 aliphatic carbocycles. The Morgan fingerprint density at radius 3 is 2.70 bits per heavy atom. The molecule has 30 heavy (non-hydrogen) atoms. The van der Waals surface area contributed by atoms with Crippen LogP contribution in [-0.4, -0.2) is 66.0 Å². The molecule has 0 unspecified atom stereocenters. The van der Waals surface area contributed by atoms with Crippen LogP contribution in [0.2, 0.25) is 0 Å². The lowest BCUT2D eigenvalue weighted by Crippen LogP contribution is -2.41. The van der Waals surface area contributed by atoms with Gasteiger partial charge in [0.05, 0.1) is 6.10 Å². The largest absolute Gasteiger partial charge is 0.474 e. The van der Waals surface area contributed by atoms with Crippen LogP contribution in [-0.2, 0) is 15.1 Å². The van der Waals surface area contributed by atoms with Gasteiger partial charge in [0.2, 0.25) is 11.8 Å². The van der Waals surface area contributed by atoms with E-state index in [9.17, 15) is 9.59 Å². The zero-order chi connectivity index (χ0) is 21.3. The Hall–Kier alpha value is -2.15. The minimum absolute atomic E-state index is 0.00447. The van der Waals surface area contributed by atoms with E-state index in [0.717, 1.165) is 44.6 Å². The number of esters is 1. The number of likely N-dealkylation sites (tertiary alicyclic amines) is 1. The highest BCUT2D eigenvalue weighted by Crippen LogP contribution is 2.49. The summed E-state index contributed by atoms with van der Waals surface area (Å²) in [6.45, 7) is 7.85. The Balaban J connectivity index is 1.40. The van der Waals surface area contributed by atoms with Crippen molar-refractivity contribution < 1.29 is 19.1 Å². The smallest absolute Gasteiger partial charge is 0.344 e. The maximum atomic E-state index is 13.0. The van der Waals surface area contributed by atoms with E-state index in [4.69, 9.17) is 9.47 Å². The minimum atomic E-state index is -0.644. The Morgan fingerprint density at radius 2 is 2.03 bits per heavy atom. The predicted octanol–water partition coefficient (Wildman–Crippen LogP) is 2.98. The number of likely N-dealkylation sites (N-methyl/N-ethyl adjacent to an activating group) is 1. The summed E-state index contributed by atoms with van der Waals surface area (Å²) < 4.78 is 11.6. The van der Waals surface area contributed by atoms with Crippen molar-refractivity contribution in [1.29, 1.82) is 0 Å². The summed E-state index contributed by atoms with van der Waals surface area (Å²) >= 11 is 0. The second-order valence-corrected chi connectivity index (χ2v) is 9.17. The first-order chi connectivity index (χ1) is 14.4. The molecule has 0 N–H and O–H groups in total. The van der Waals surface area contributed by atoms with Crippen LogP contribution in [0.1, 0.15) is 68.3 Å². The van der Waals surface area contributed by atoms with Crippen molar-refractivity contribution in [2.24, 2.45) is 5.92 Å². The molecule has 3 heterocycles. The molecule has 1 aromatic rings. The number of rotatable bonds is 6. The van der Waals surface area contributed by atoms with Crippen LogP contribution >= 0.6 is 0 Å². The van der Waals surface area contributed by atoms with Gasteiger partial charge in [0, 0.05) is 37.8 Å². The fourth-order valence-electron chi connectivity index (χ4n) is 5.04. The van der Waals surface area contributed by atoms with Crippen LogP contribution < -0.4 is 4.74 Å². The van der Waals surface area contributed by atoms with E-state index < -0.39 is 5.60 Å². The number of carbonyl (C=O) groups is 2. The predicted molar refractivity (Wildman–Crippen MR) is 112 cm³/mol. The third kappa shape index (κ3) is 4.04. The van der Waals surface area contributed by atoms with Gasteiger partial charge in [0.25, 0.3) is 0 Å². The number of ether oxygens (including phenoxy) is 2. The molecule has 164 valence electrons. The molecule has 2 aliphatic heterocycles. The van der Waals surface area contributed by atoms with Gasteiger partial charge in [0.15, 0.2) is 0 Å². The number of aromatic nitrogens is 1. The molecule has 0 aromatic carbocycles. The van der Waals surface area contributed by atoms with Crippen molar-refractivity contribution in [2.45, 2.75) is 64.1 Å². The summed E-state index contributed by atoms with van der Waals surface area (Å²) in [5.74, 6) is 0.202. The molecule has 7 heteroatoms. The van der Waals surface area contributed by atoms with Crippen LogP contribution in [0.3, 0.4) is 0 Å². The number of hydrogen-bond acceptors (Lipinski definition) is 6. The summed E-state index contributed by atoms with van der Waals surface area (Å²) in [6.07, 6.45) is 6.91. The van der Waals surface area contributed by atoms with E-state index in [1.54, 1.807) is 6.20 Å². The molecule has 7 nitrogen and oxygen atoms in total. The normalized spacial score (nSPS) is 26.1. The molecular formula is C23H33N3O4. The highest BCUT2D eigenvalue weighted by molar-refractivity contribution is 5.97. The van der Waals surface area contributed by atoms with Gasteiger partial charge in [0.1, 0.15) is 11.2 Å². The number of amides is 1. The van der Waals surface area contributed by atoms with Crippen LogP contribution in [0, 0.1) is 5.92 Å². The highest BCUT2D eigenvalue weighted by Gasteiger charge is 2.50. The van der Waals surface area contributed by atoms with Crippen molar-refractivity contribution in [1.82, 2.24) is 14.8 Å². The van der Waals surface area contributed by atoms with Crippen LogP contribution in [0.25, 0.3) is 0 Å². The fourth-order valence-corrected chi connectivity index (χ4v) is 5.04. The number of fused-ring (bicyclic) bond motifs is 2. The van der Waals surface area contributed by atoms with Crippen molar-refractivity contribution >= 4 is 11.9 Å². The van der Waals surface area contributed by atoms with Gasteiger partial charge in [-0.3, -0.25) is 4.79 Å². The average molecular weight is 416 g/mol. The Bertz CT molecular complexity index is 796. The molecule has 2 fully saturated rings. The molecular weight excluding hydrogens is 382 g/mol. The molecule has 1 saturated heterocycles. The van der Waals surface area contributed by atoms with E-state index in [-0.39, 0.29) is 23.9 Å². The third-order valence-corrected chi connectivity index (χ3v) is 6.72. The molecule has 3 aliphatic rings. The Morgan fingerprint density at radius 1 is 1.33 bits per heavy atom. The summed E-state index contributed by atoms with van der Waals surface area (Å²) in [7, 11) is 1.91. The van der Waals surface area contributed by atoms with E-state index in [0.29, 0.717) is 24.3 Å². The lowest BCUT2D eigenvalue weighted by molar-refractivity contribution is -0.137. The molecule has 0 atom stereocenters. The van der Waals surface area contributed by atoms with Gasteiger partial charge >= 0.3 is 5.97 Å². The second-order valence-electron chi connectivity index (χ2n) is 9.17. The van der Waals surface area contributed by atoms with E-state index in [1.165, 1.54) is 12.8 Å². The summed E-state index contributed by atoms with van der Waals surface area (Å²) in [5, 5.41) is 0. The Labute approximate surface area is 178 Å². The van der Waals surface area contributed by atoms with Crippen molar-refractivity contribution in [3.8, 4) is 5.88 Å². The van der Waals surface area contributed by atoms with Gasteiger partial charge < -0.3 is 19.3 Å². The van der Waals surface area contributed by atoms with Gasteiger partial charge in [-0.25, -0.2) is 9.78 Å². The fraction of sp³-hybridized carbons (Fsp3) is 0.696. The molecule has 1 saturated carbocycles. The van der Waals surface area contributed by atoms with Crippen molar-refractivity contribution in [3.63, 3.8) is 0 Å². The third-order valence-electron chi connectivity index (χ3n) is 6.72. The first-order valence-corrected chi connectivity index (χ1v) is 11.3. The summed E-state index contributed by atoms with van der Waals surface area (Å²) in [6, 6.07) is 1.87. The maximum absolute atomic E-state index is 13.0. The number of carbonyl (C=O) groups excluding carboxylic acids is 2. The Kier molecular flexibility index (Phi) is 6.00. The minimum Gasteiger partial charge on any atom is -0.474 e. The van der Waals surface area contributed by atoms with Gasteiger partial charge in [-0.1, -0.05) is 0 Å². The van der Waals surface area contributed by atoms with Crippen molar-refractivity contribution in [2.75, 3.05) is 33.2 Å². The first kappa shape index (κ1) is 21.1. The summed E-state index contributed by atoms with van der Waals surface area (Å²) in [4.78, 5) is 34.2. The second kappa shape index (κ2) is 8.53. The lowest BCUT2D eigenvalue weighted by Gasteiger charge is -2.37. The zero-order valence-electron chi connectivity index (χ0n) is 18.4. The van der Waals surface area contributed by atoms with E-state index >= 15 is 0 Å². The van der Waals surface area contributed by atoms with Gasteiger partial charge in [-0.15, -0.1) is 0 Å². The van der Waals surface area contributed by atoms with Crippen LogP contribution in [0.4, 0.5) is 0 Å². The maximum Gasteiger partial charge on any atom is 0.344 e. The van der Waals surface area contributed by atoms with Crippen LogP contribution in [0.5, 0.6) is 5.88 Å². The monoisotopic (exact) mass is 415 g/mol. The standard InChI is InChI=1S/C23H33N3O4/c1-16(2)29-20-19-18(8-11-24-20)23(30-22(19)28)9-6-17(7-10-23)21(27)25(3)14-15-26-12-4-5-13-26/h8,11,16-17H,4-7,9-10,12-15H2,1-3H3/t17-,23-. The molecule has 4 rings (SSSR count). The number of hydrogen-bond donors (Lipinski definition) is 0. The van der Waals surface area contributed by atoms with Crippen molar-refractivity contribution in [3.05, 3.63) is 23.4 Å². The number of nitrogens with zero attached hydrogens (tertiary/aromatic N) is 3. The molecule has 0 bridgehead atoms. The summed E-state index contributed by atoms with van der Waals surface area (Å²) in [5.41, 5.74) is 0.681. The van der Waals surface area contributed by atoms with Crippen LogP contribution in [0.15, 0.2) is 12.3 Å². The van der Waals surface area contributed by atoms with E-state index in [2.05, 4.69) is 9.88 Å². The molecule has 1 amide bonds.